The van der Waals surface area contributed by atoms with Gasteiger partial charge in [-0.15, -0.1) is 0 Å². The molecule has 0 aliphatic rings. The molecule has 33 heavy (non-hydrogen) atoms. The van der Waals surface area contributed by atoms with Crippen molar-refractivity contribution in [2.24, 2.45) is 5.10 Å². The van der Waals surface area contributed by atoms with Crippen LogP contribution in [0, 0.1) is 0 Å². The molecule has 0 aliphatic heterocycles. The average Bonchev–Trinajstić information content (AvgIpc) is 2.82. The summed E-state index contributed by atoms with van der Waals surface area (Å²) >= 11 is 6.01. The molecule has 0 spiro atoms. The Labute approximate surface area is 195 Å². The van der Waals surface area contributed by atoms with Crippen LogP contribution in [0.15, 0.2) is 77.9 Å². The number of hydrogen-bond acceptors (Lipinski definition) is 5. The number of nitrogens with one attached hydrogen (secondary N) is 3. The van der Waals surface area contributed by atoms with Gasteiger partial charge in [0, 0.05) is 16.3 Å². The van der Waals surface area contributed by atoms with Crippen LogP contribution < -0.4 is 20.8 Å². The second-order valence-corrected chi connectivity index (χ2v) is 7.04. The van der Waals surface area contributed by atoms with Gasteiger partial charge in [-0.2, -0.15) is 5.10 Å². The fourth-order valence-electron chi connectivity index (χ4n) is 2.76. The standard InChI is InChI=1S/C24H21ClN4O4/c1-2-33-18-13-11-17(12-14-18)27-22(30)19-8-4-6-10-21(19)28-23(31)24(32)29-26-15-16-7-3-5-9-20(16)25/h3-15H,2H2,1H3,(H,27,30)(H,28,31)(H,29,32)/b26-15+. The fraction of sp³-hybridized carbons (Fsp3) is 0.0833. The molecule has 3 rings (SSSR count). The Morgan fingerprint density at radius 1 is 0.909 bits per heavy atom. The van der Waals surface area contributed by atoms with Crippen molar-refractivity contribution >= 4 is 46.9 Å². The van der Waals surface area contributed by atoms with Crippen molar-refractivity contribution in [3.05, 3.63) is 88.9 Å². The van der Waals surface area contributed by atoms with Gasteiger partial charge in [-0.05, 0) is 49.4 Å². The Morgan fingerprint density at radius 2 is 1.61 bits per heavy atom. The number of ether oxygens (including phenoxy) is 1. The molecule has 0 aromatic heterocycles. The topological polar surface area (TPSA) is 109 Å². The lowest BCUT2D eigenvalue weighted by Crippen LogP contribution is -2.33. The molecule has 0 bridgehead atoms. The Hall–Kier alpha value is -4.17. The zero-order chi connectivity index (χ0) is 23.6. The van der Waals surface area contributed by atoms with Crippen LogP contribution >= 0.6 is 11.6 Å². The van der Waals surface area contributed by atoms with E-state index in [4.69, 9.17) is 16.3 Å². The number of benzene rings is 3. The summed E-state index contributed by atoms with van der Waals surface area (Å²) in [7, 11) is 0. The lowest BCUT2D eigenvalue weighted by molar-refractivity contribution is -0.136. The van der Waals surface area contributed by atoms with Gasteiger partial charge < -0.3 is 15.4 Å². The molecular weight excluding hydrogens is 444 g/mol. The highest BCUT2D eigenvalue weighted by Gasteiger charge is 2.18. The molecule has 3 aromatic carbocycles. The SMILES string of the molecule is CCOc1ccc(NC(=O)c2ccccc2NC(=O)C(=O)N/N=C/c2ccccc2Cl)cc1. The third-order valence-electron chi connectivity index (χ3n) is 4.32. The summed E-state index contributed by atoms with van der Waals surface area (Å²) in [6, 6.07) is 20.1. The van der Waals surface area contributed by atoms with Crippen LogP contribution in [-0.2, 0) is 9.59 Å². The summed E-state index contributed by atoms with van der Waals surface area (Å²) in [6.45, 7) is 2.42. The van der Waals surface area contributed by atoms with E-state index in [1.807, 2.05) is 6.92 Å². The van der Waals surface area contributed by atoms with E-state index in [-0.39, 0.29) is 11.3 Å². The summed E-state index contributed by atoms with van der Waals surface area (Å²) in [5, 5.41) is 9.37. The summed E-state index contributed by atoms with van der Waals surface area (Å²) in [5.74, 6) is -1.74. The molecule has 0 heterocycles. The molecule has 0 saturated heterocycles. The summed E-state index contributed by atoms with van der Waals surface area (Å²) < 4.78 is 5.38. The van der Waals surface area contributed by atoms with Gasteiger partial charge in [0.25, 0.3) is 5.91 Å². The second kappa shape index (κ2) is 11.4. The first kappa shape index (κ1) is 23.5. The second-order valence-electron chi connectivity index (χ2n) is 6.63. The lowest BCUT2D eigenvalue weighted by atomic mass is 10.1. The minimum atomic E-state index is -1.000. The highest BCUT2D eigenvalue weighted by molar-refractivity contribution is 6.40. The number of rotatable bonds is 7. The molecular formula is C24H21ClN4O4. The monoisotopic (exact) mass is 464 g/mol. The van der Waals surface area contributed by atoms with Crippen molar-refractivity contribution in [2.45, 2.75) is 6.92 Å². The predicted molar refractivity (Wildman–Crippen MR) is 128 cm³/mol. The van der Waals surface area contributed by atoms with Gasteiger partial charge in [0.2, 0.25) is 0 Å². The van der Waals surface area contributed by atoms with Crippen molar-refractivity contribution in [3.63, 3.8) is 0 Å². The highest BCUT2D eigenvalue weighted by Crippen LogP contribution is 2.20. The average molecular weight is 465 g/mol. The summed E-state index contributed by atoms with van der Waals surface area (Å²) in [6.07, 6.45) is 1.33. The van der Waals surface area contributed by atoms with Crippen LogP contribution in [0.1, 0.15) is 22.8 Å². The third kappa shape index (κ3) is 6.65. The number of hydrazone groups is 1. The lowest BCUT2D eigenvalue weighted by Gasteiger charge is -2.11. The molecule has 0 radical (unpaired) electrons. The molecule has 168 valence electrons. The molecule has 3 aromatic rings. The van der Waals surface area contributed by atoms with Crippen molar-refractivity contribution < 1.29 is 19.1 Å². The van der Waals surface area contributed by atoms with E-state index in [9.17, 15) is 14.4 Å². The zero-order valence-electron chi connectivity index (χ0n) is 17.7. The van der Waals surface area contributed by atoms with Gasteiger partial charge in [-0.3, -0.25) is 14.4 Å². The van der Waals surface area contributed by atoms with E-state index in [1.165, 1.54) is 18.3 Å². The molecule has 9 heteroatoms. The van der Waals surface area contributed by atoms with E-state index >= 15 is 0 Å². The van der Waals surface area contributed by atoms with Crippen molar-refractivity contribution in [3.8, 4) is 5.75 Å². The van der Waals surface area contributed by atoms with Gasteiger partial charge in [-0.1, -0.05) is 41.9 Å². The number of para-hydroxylation sites is 1. The maximum Gasteiger partial charge on any atom is 0.329 e. The van der Waals surface area contributed by atoms with Crippen molar-refractivity contribution in [1.29, 1.82) is 0 Å². The minimum Gasteiger partial charge on any atom is -0.494 e. The van der Waals surface area contributed by atoms with Crippen LogP contribution in [0.25, 0.3) is 0 Å². The molecule has 3 amide bonds. The minimum absolute atomic E-state index is 0.177. The first-order chi connectivity index (χ1) is 16.0. The van der Waals surface area contributed by atoms with Crippen molar-refractivity contribution in [1.82, 2.24) is 5.43 Å². The first-order valence-electron chi connectivity index (χ1n) is 10.00. The zero-order valence-corrected chi connectivity index (χ0v) is 18.4. The molecule has 0 atom stereocenters. The maximum absolute atomic E-state index is 12.7. The molecule has 0 unspecified atom stereocenters. The molecule has 8 nitrogen and oxygen atoms in total. The van der Waals surface area contributed by atoms with E-state index < -0.39 is 17.7 Å². The van der Waals surface area contributed by atoms with Gasteiger partial charge in [0.1, 0.15) is 5.75 Å². The molecule has 0 saturated carbocycles. The van der Waals surface area contributed by atoms with Gasteiger partial charge in [0.05, 0.1) is 24.1 Å². The predicted octanol–water partition coefficient (Wildman–Crippen LogP) is 4.08. The number of amides is 3. The molecule has 3 N–H and O–H groups in total. The maximum atomic E-state index is 12.7. The Balaban J connectivity index is 1.63. The number of carbonyl (C=O) groups is 3. The number of carbonyl (C=O) groups excluding carboxylic acids is 3. The van der Waals surface area contributed by atoms with E-state index in [1.54, 1.807) is 60.7 Å². The van der Waals surface area contributed by atoms with E-state index in [0.717, 1.165) is 0 Å². The number of halogens is 1. The molecule has 0 fully saturated rings. The first-order valence-corrected chi connectivity index (χ1v) is 10.4. The molecule has 0 aliphatic carbocycles. The Morgan fingerprint density at radius 3 is 2.33 bits per heavy atom. The number of nitrogens with zero attached hydrogens (tertiary/aromatic N) is 1. The fourth-order valence-corrected chi connectivity index (χ4v) is 2.94. The summed E-state index contributed by atoms with van der Waals surface area (Å²) in [4.78, 5) is 37.1. The quantitative estimate of drug-likeness (QED) is 0.278. The third-order valence-corrected chi connectivity index (χ3v) is 4.67. The smallest absolute Gasteiger partial charge is 0.329 e. The number of hydrogen-bond donors (Lipinski definition) is 3. The highest BCUT2D eigenvalue weighted by atomic mass is 35.5. The van der Waals surface area contributed by atoms with Crippen LogP contribution in [0.2, 0.25) is 5.02 Å². The van der Waals surface area contributed by atoms with E-state index in [0.29, 0.717) is 28.6 Å². The van der Waals surface area contributed by atoms with Crippen LogP contribution in [0.5, 0.6) is 5.75 Å². The Bertz CT molecular complexity index is 1180. The Kier molecular flexibility index (Phi) is 8.15. The van der Waals surface area contributed by atoms with Crippen LogP contribution in [0.4, 0.5) is 11.4 Å². The van der Waals surface area contributed by atoms with Crippen LogP contribution in [-0.4, -0.2) is 30.5 Å². The van der Waals surface area contributed by atoms with Gasteiger partial charge in [-0.25, -0.2) is 5.43 Å². The largest absolute Gasteiger partial charge is 0.494 e. The van der Waals surface area contributed by atoms with Gasteiger partial charge >= 0.3 is 11.8 Å². The number of anilines is 2. The van der Waals surface area contributed by atoms with E-state index in [2.05, 4.69) is 21.2 Å². The summed E-state index contributed by atoms with van der Waals surface area (Å²) in [5.41, 5.74) is 3.63. The van der Waals surface area contributed by atoms with Gasteiger partial charge in [0.15, 0.2) is 0 Å². The van der Waals surface area contributed by atoms with Crippen LogP contribution in [0.3, 0.4) is 0 Å². The normalized spacial score (nSPS) is 10.5. The van der Waals surface area contributed by atoms with Crippen molar-refractivity contribution in [2.75, 3.05) is 17.2 Å².